The summed E-state index contributed by atoms with van der Waals surface area (Å²) in [6, 6.07) is 7.17. The van der Waals surface area contributed by atoms with E-state index in [0.29, 0.717) is 21.4 Å². The van der Waals surface area contributed by atoms with Crippen LogP contribution in [0.2, 0.25) is 0 Å². The van der Waals surface area contributed by atoms with Crippen LogP contribution in [0.15, 0.2) is 39.7 Å². The Labute approximate surface area is 90.3 Å². The molecular formula is C12H9NO3. The molecule has 1 aromatic carbocycles. The van der Waals surface area contributed by atoms with Gasteiger partial charge in [0.15, 0.2) is 0 Å². The van der Waals surface area contributed by atoms with Gasteiger partial charge in [-0.1, -0.05) is 18.2 Å². The van der Waals surface area contributed by atoms with Crippen LogP contribution in [0, 0.1) is 6.92 Å². The van der Waals surface area contributed by atoms with Gasteiger partial charge in [-0.15, -0.1) is 4.73 Å². The van der Waals surface area contributed by atoms with E-state index >= 15 is 0 Å². The van der Waals surface area contributed by atoms with Crippen LogP contribution >= 0.6 is 0 Å². The van der Waals surface area contributed by atoms with Gasteiger partial charge in [-0.3, -0.25) is 4.79 Å². The molecule has 3 rings (SSSR count). The molecule has 0 radical (unpaired) electrons. The number of rotatable bonds is 0. The number of hydrogen-bond acceptors (Lipinski definition) is 3. The molecule has 0 aliphatic heterocycles. The second-order valence-electron chi connectivity index (χ2n) is 3.71. The molecule has 0 saturated carbocycles. The van der Waals surface area contributed by atoms with E-state index in [0.717, 1.165) is 10.8 Å². The molecule has 2 heterocycles. The zero-order chi connectivity index (χ0) is 11.3. The van der Waals surface area contributed by atoms with Crippen molar-refractivity contribution in [2.45, 2.75) is 6.92 Å². The van der Waals surface area contributed by atoms with Gasteiger partial charge in [0.05, 0.1) is 17.2 Å². The Morgan fingerprint density at radius 1 is 1.25 bits per heavy atom. The van der Waals surface area contributed by atoms with Gasteiger partial charge in [-0.25, -0.2) is 0 Å². The summed E-state index contributed by atoms with van der Waals surface area (Å²) in [6.07, 6.45) is 1.55. The molecule has 4 heteroatoms. The number of aromatic nitrogens is 1. The minimum absolute atomic E-state index is 0.432. The zero-order valence-electron chi connectivity index (χ0n) is 8.60. The van der Waals surface area contributed by atoms with Gasteiger partial charge in [0.25, 0.3) is 5.56 Å². The quantitative estimate of drug-likeness (QED) is 0.585. The van der Waals surface area contributed by atoms with Gasteiger partial charge >= 0.3 is 0 Å². The van der Waals surface area contributed by atoms with Crippen LogP contribution in [-0.4, -0.2) is 9.94 Å². The Morgan fingerprint density at radius 2 is 2.00 bits per heavy atom. The fraction of sp³-hybridized carbons (Fsp3) is 0.0833. The fourth-order valence-corrected chi connectivity index (χ4v) is 2.02. The third-order valence-corrected chi connectivity index (χ3v) is 2.80. The monoisotopic (exact) mass is 215 g/mol. The van der Waals surface area contributed by atoms with Gasteiger partial charge < -0.3 is 9.62 Å². The van der Waals surface area contributed by atoms with E-state index in [9.17, 15) is 10.0 Å². The van der Waals surface area contributed by atoms with E-state index in [2.05, 4.69) is 0 Å². The van der Waals surface area contributed by atoms with Crippen molar-refractivity contribution >= 4 is 21.7 Å². The van der Waals surface area contributed by atoms with Crippen LogP contribution in [0.5, 0.6) is 0 Å². The Kier molecular flexibility index (Phi) is 1.63. The zero-order valence-corrected chi connectivity index (χ0v) is 8.60. The molecule has 0 spiro atoms. The number of benzene rings is 1. The van der Waals surface area contributed by atoms with E-state index in [1.54, 1.807) is 25.3 Å². The lowest BCUT2D eigenvalue weighted by molar-refractivity contribution is 0.190. The molecule has 16 heavy (non-hydrogen) atoms. The molecule has 1 N–H and O–H groups in total. The summed E-state index contributed by atoms with van der Waals surface area (Å²) >= 11 is 0. The van der Waals surface area contributed by atoms with Crippen molar-refractivity contribution in [3.63, 3.8) is 0 Å². The maximum atomic E-state index is 11.9. The second-order valence-corrected chi connectivity index (χ2v) is 3.71. The fourth-order valence-electron chi connectivity index (χ4n) is 2.02. The minimum Gasteiger partial charge on any atom is -0.468 e. The first-order chi connectivity index (χ1) is 7.70. The van der Waals surface area contributed by atoms with Gasteiger partial charge in [-0.2, -0.15) is 0 Å². The summed E-state index contributed by atoms with van der Waals surface area (Å²) in [5, 5.41) is 11.7. The average molecular weight is 215 g/mol. The first kappa shape index (κ1) is 9.03. The van der Waals surface area contributed by atoms with Crippen molar-refractivity contribution in [1.29, 1.82) is 0 Å². The number of pyridine rings is 1. The Hall–Kier alpha value is -2.23. The van der Waals surface area contributed by atoms with Gasteiger partial charge in [0.2, 0.25) is 0 Å². The summed E-state index contributed by atoms with van der Waals surface area (Å²) in [5.41, 5.74) is 0.0424. The van der Waals surface area contributed by atoms with Crippen molar-refractivity contribution in [3.05, 3.63) is 46.6 Å². The smallest absolute Gasteiger partial charge is 0.294 e. The Bertz CT molecular complexity index is 752. The maximum absolute atomic E-state index is 11.9. The molecule has 0 amide bonds. The summed E-state index contributed by atoms with van der Waals surface area (Å²) in [6.45, 7) is 1.71. The van der Waals surface area contributed by atoms with Crippen LogP contribution < -0.4 is 5.56 Å². The number of aryl methyl sites for hydroxylation is 1. The maximum Gasteiger partial charge on any atom is 0.294 e. The van der Waals surface area contributed by atoms with E-state index in [1.165, 1.54) is 0 Å². The largest absolute Gasteiger partial charge is 0.468 e. The predicted octanol–water partition coefficient (Wildman–Crippen LogP) is 2.29. The number of hydrogen-bond donors (Lipinski definition) is 1. The summed E-state index contributed by atoms with van der Waals surface area (Å²) in [7, 11) is 0. The predicted molar refractivity (Wildman–Crippen MR) is 59.9 cm³/mol. The van der Waals surface area contributed by atoms with Gasteiger partial charge in [-0.05, 0) is 13.0 Å². The molecule has 2 aromatic heterocycles. The summed E-state index contributed by atoms with van der Waals surface area (Å²) < 4.78 is 5.90. The molecule has 0 unspecified atom stereocenters. The SMILES string of the molecule is Cc1occ2c1c(=O)n(O)c1ccccc21. The molecular weight excluding hydrogens is 206 g/mol. The number of nitrogens with zero attached hydrogens (tertiary/aromatic N) is 1. The molecule has 0 fully saturated rings. The normalized spacial score (nSPS) is 11.3. The van der Waals surface area contributed by atoms with Crippen molar-refractivity contribution in [2.75, 3.05) is 0 Å². The number of para-hydroxylation sites is 1. The van der Waals surface area contributed by atoms with Crippen LogP contribution in [0.25, 0.3) is 21.7 Å². The van der Waals surface area contributed by atoms with Crippen molar-refractivity contribution < 1.29 is 9.62 Å². The van der Waals surface area contributed by atoms with Crippen molar-refractivity contribution in [2.24, 2.45) is 0 Å². The Morgan fingerprint density at radius 3 is 2.81 bits per heavy atom. The van der Waals surface area contributed by atoms with E-state index in [4.69, 9.17) is 4.42 Å². The lowest BCUT2D eigenvalue weighted by Gasteiger charge is -2.03. The highest BCUT2D eigenvalue weighted by molar-refractivity contribution is 6.05. The summed E-state index contributed by atoms with van der Waals surface area (Å²) in [5.74, 6) is 0.522. The lowest BCUT2D eigenvalue weighted by Crippen LogP contribution is -2.18. The van der Waals surface area contributed by atoms with Crippen molar-refractivity contribution in [1.82, 2.24) is 4.73 Å². The highest BCUT2D eigenvalue weighted by Crippen LogP contribution is 2.25. The number of furan rings is 1. The highest BCUT2D eigenvalue weighted by Gasteiger charge is 2.13. The molecule has 0 aliphatic rings. The van der Waals surface area contributed by atoms with E-state index in [1.807, 2.05) is 12.1 Å². The third kappa shape index (κ3) is 0.957. The number of fused-ring (bicyclic) bond motifs is 3. The lowest BCUT2D eigenvalue weighted by atomic mass is 10.1. The molecule has 0 aliphatic carbocycles. The Balaban J connectivity index is 2.76. The molecule has 80 valence electrons. The van der Waals surface area contributed by atoms with Gasteiger partial charge in [0, 0.05) is 10.8 Å². The molecule has 0 atom stereocenters. The molecule has 0 bridgehead atoms. The van der Waals surface area contributed by atoms with E-state index < -0.39 is 5.56 Å². The van der Waals surface area contributed by atoms with Gasteiger partial charge in [0.1, 0.15) is 5.76 Å². The third-order valence-electron chi connectivity index (χ3n) is 2.80. The second kappa shape index (κ2) is 2.88. The van der Waals surface area contributed by atoms with Crippen LogP contribution in [0.1, 0.15) is 5.76 Å². The van der Waals surface area contributed by atoms with Crippen LogP contribution in [0.4, 0.5) is 0 Å². The minimum atomic E-state index is -0.444. The van der Waals surface area contributed by atoms with E-state index in [-0.39, 0.29) is 0 Å². The molecule has 4 nitrogen and oxygen atoms in total. The van der Waals surface area contributed by atoms with Crippen LogP contribution in [-0.2, 0) is 0 Å². The summed E-state index contributed by atoms with van der Waals surface area (Å²) in [4.78, 5) is 11.9. The topological polar surface area (TPSA) is 55.4 Å². The standard InChI is InChI=1S/C12H9NO3/c1-7-11-9(6-16-7)8-4-2-3-5-10(8)13(15)12(11)14/h2-6,15H,1H3. The van der Waals surface area contributed by atoms with Crippen LogP contribution in [0.3, 0.4) is 0 Å². The highest BCUT2D eigenvalue weighted by atomic mass is 16.5. The molecule has 3 aromatic rings. The molecule has 0 saturated heterocycles. The average Bonchev–Trinajstić information content (AvgIpc) is 2.69. The van der Waals surface area contributed by atoms with Crippen molar-refractivity contribution in [3.8, 4) is 0 Å². The first-order valence-corrected chi connectivity index (χ1v) is 4.91. The first-order valence-electron chi connectivity index (χ1n) is 4.91.